The van der Waals surface area contributed by atoms with Gasteiger partial charge in [0.2, 0.25) is 0 Å². The fourth-order valence-electron chi connectivity index (χ4n) is 4.68. The number of benzene rings is 3. The van der Waals surface area contributed by atoms with Gasteiger partial charge in [-0.05, 0) is 46.0 Å². The van der Waals surface area contributed by atoms with Crippen LogP contribution in [0.5, 0.6) is 5.75 Å². The van der Waals surface area contributed by atoms with Crippen molar-refractivity contribution in [2.75, 3.05) is 0 Å². The Labute approximate surface area is 176 Å². The minimum absolute atomic E-state index is 0.171. The van der Waals surface area contributed by atoms with Crippen LogP contribution in [0.15, 0.2) is 71.2 Å². The lowest BCUT2D eigenvalue weighted by Crippen LogP contribution is -2.12. The molecule has 2 heterocycles. The number of ether oxygens (including phenoxy) is 1. The molecule has 0 saturated heterocycles. The molecule has 0 amide bonds. The van der Waals surface area contributed by atoms with E-state index in [0.29, 0.717) is 22.9 Å². The molecule has 29 heavy (non-hydrogen) atoms. The van der Waals surface area contributed by atoms with E-state index in [-0.39, 0.29) is 11.9 Å². The summed E-state index contributed by atoms with van der Waals surface area (Å²) in [6, 6.07) is 22.0. The fraction of sp³-hybridized carbons (Fsp3) is 0.208. The van der Waals surface area contributed by atoms with E-state index in [9.17, 15) is 4.39 Å². The lowest BCUT2D eigenvalue weighted by molar-refractivity contribution is 0.299. The predicted octanol–water partition coefficient (Wildman–Crippen LogP) is 6.22. The number of para-hydroxylation sites is 1. The molecule has 1 aliphatic heterocycles. The molecule has 3 unspecified atom stereocenters. The highest BCUT2D eigenvalue weighted by atomic mass is 79.9. The number of halogens is 2. The molecule has 0 bridgehead atoms. The van der Waals surface area contributed by atoms with Crippen molar-refractivity contribution in [1.82, 2.24) is 9.55 Å². The third kappa shape index (κ3) is 2.71. The first-order valence-electron chi connectivity index (χ1n) is 9.83. The Hall–Kier alpha value is -2.66. The molecule has 0 N–H and O–H groups in total. The van der Waals surface area contributed by atoms with Gasteiger partial charge >= 0.3 is 0 Å². The van der Waals surface area contributed by atoms with Crippen LogP contribution >= 0.6 is 15.9 Å². The molecule has 1 aromatic heterocycles. The number of rotatable bonds is 4. The van der Waals surface area contributed by atoms with Crippen LogP contribution in [0.2, 0.25) is 0 Å². The van der Waals surface area contributed by atoms with Crippen LogP contribution in [0.1, 0.15) is 35.3 Å². The van der Waals surface area contributed by atoms with Crippen LogP contribution in [0.25, 0.3) is 11.0 Å². The minimum Gasteiger partial charge on any atom is -0.489 e. The molecule has 0 radical (unpaired) electrons. The van der Waals surface area contributed by atoms with Gasteiger partial charge in [0.05, 0.1) is 21.5 Å². The molecule has 5 heteroatoms. The van der Waals surface area contributed by atoms with Crippen LogP contribution in [-0.2, 0) is 6.61 Å². The summed E-state index contributed by atoms with van der Waals surface area (Å²) < 4.78 is 23.1. The Morgan fingerprint density at radius 2 is 1.86 bits per heavy atom. The van der Waals surface area contributed by atoms with Crippen LogP contribution in [0.3, 0.4) is 0 Å². The SMILES string of the molecule is Fc1cc2nc3n(c2cc1Br)C(c1ccccc1OCc1ccccc1)C1CC31. The first kappa shape index (κ1) is 17.2. The number of fused-ring (bicyclic) bond motifs is 5. The molecular formula is C24H18BrFN2O. The monoisotopic (exact) mass is 448 g/mol. The Morgan fingerprint density at radius 3 is 2.72 bits per heavy atom. The average molecular weight is 449 g/mol. The Bertz CT molecular complexity index is 1240. The molecule has 1 fully saturated rings. The summed E-state index contributed by atoms with van der Waals surface area (Å²) in [5, 5.41) is 0. The van der Waals surface area contributed by atoms with Crippen molar-refractivity contribution in [3.63, 3.8) is 0 Å². The summed E-state index contributed by atoms with van der Waals surface area (Å²) in [5.74, 6) is 2.70. The second-order valence-corrected chi connectivity index (χ2v) is 8.71. The largest absolute Gasteiger partial charge is 0.489 e. The summed E-state index contributed by atoms with van der Waals surface area (Å²) in [6.45, 7) is 0.535. The summed E-state index contributed by atoms with van der Waals surface area (Å²) in [5.41, 5.74) is 4.02. The second-order valence-electron chi connectivity index (χ2n) is 7.86. The lowest BCUT2D eigenvalue weighted by atomic mass is 10.0. The molecule has 2 aliphatic rings. The Balaban J connectivity index is 1.43. The van der Waals surface area contributed by atoms with Gasteiger partial charge in [0.25, 0.3) is 0 Å². The van der Waals surface area contributed by atoms with Gasteiger partial charge in [-0.1, -0.05) is 48.5 Å². The van der Waals surface area contributed by atoms with Gasteiger partial charge in [-0.25, -0.2) is 9.37 Å². The van der Waals surface area contributed by atoms with E-state index in [1.165, 1.54) is 11.6 Å². The van der Waals surface area contributed by atoms with Gasteiger partial charge in [-0.3, -0.25) is 0 Å². The summed E-state index contributed by atoms with van der Waals surface area (Å²) in [4.78, 5) is 4.78. The van der Waals surface area contributed by atoms with E-state index >= 15 is 0 Å². The summed E-state index contributed by atoms with van der Waals surface area (Å²) in [7, 11) is 0. The van der Waals surface area contributed by atoms with Gasteiger partial charge in [0.15, 0.2) is 0 Å². The van der Waals surface area contributed by atoms with Gasteiger partial charge in [-0.15, -0.1) is 0 Å². The lowest BCUT2D eigenvalue weighted by Gasteiger charge is -2.21. The Morgan fingerprint density at radius 1 is 1.07 bits per heavy atom. The van der Waals surface area contributed by atoms with Crippen molar-refractivity contribution >= 4 is 27.0 Å². The standard InChI is InChI=1S/C24H18BrFN2O/c25-18-11-21-20(12-19(18)26)27-24-17-10-16(17)23(28(21)24)15-8-4-5-9-22(15)29-13-14-6-2-1-3-7-14/h1-9,11-12,16-17,23H,10,13H2. The average Bonchev–Trinajstić information content (AvgIpc) is 3.36. The quantitative estimate of drug-likeness (QED) is 0.370. The first-order valence-corrected chi connectivity index (χ1v) is 10.6. The summed E-state index contributed by atoms with van der Waals surface area (Å²) in [6.07, 6.45) is 1.13. The highest BCUT2D eigenvalue weighted by Crippen LogP contribution is 2.62. The maximum atomic E-state index is 14.0. The fourth-order valence-corrected chi connectivity index (χ4v) is 5.01. The molecule has 0 spiro atoms. The highest BCUT2D eigenvalue weighted by molar-refractivity contribution is 9.10. The van der Waals surface area contributed by atoms with E-state index in [2.05, 4.69) is 44.8 Å². The van der Waals surface area contributed by atoms with Crippen molar-refractivity contribution in [3.8, 4) is 5.75 Å². The summed E-state index contributed by atoms with van der Waals surface area (Å²) >= 11 is 3.34. The van der Waals surface area contributed by atoms with Gasteiger partial charge in [0, 0.05) is 17.5 Å². The third-order valence-electron chi connectivity index (χ3n) is 6.09. The number of nitrogens with zero attached hydrogens (tertiary/aromatic N) is 2. The zero-order valence-corrected chi connectivity index (χ0v) is 17.1. The molecule has 4 aromatic rings. The second kappa shape index (κ2) is 6.42. The van der Waals surface area contributed by atoms with E-state index in [0.717, 1.165) is 34.6 Å². The topological polar surface area (TPSA) is 27.1 Å². The van der Waals surface area contributed by atoms with E-state index in [1.54, 1.807) is 0 Å². The van der Waals surface area contributed by atoms with E-state index in [1.807, 2.05) is 36.4 Å². The first-order chi connectivity index (χ1) is 14.2. The maximum Gasteiger partial charge on any atom is 0.139 e. The van der Waals surface area contributed by atoms with Crippen LogP contribution in [0, 0.1) is 11.7 Å². The number of hydrogen-bond acceptors (Lipinski definition) is 2. The van der Waals surface area contributed by atoms with Crippen LogP contribution in [-0.4, -0.2) is 9.55 Å². The molecule has 3 nitrogen and oxygen atoms in total. The predicted molar refractivity (Wildman–Crippen MR) is 114 cm³/mol. The smallest absolute Gasteiger partial charge is 0.139 e. The molecule has 3 atom stereocenters. The van der Waals surface area contributed by atoms with Crippen LogP contribution in [0.4, 0.5) is 4.39 Å². The normalized spacial score (nSPS) is 21.8. The molecule has 1 aliphatic carbocycles. The molecular weight excluding hydrogens is 431 g/mol. The molecule has 144 valence electrons. The van der Waals surface area contributed by atoms with Crippen molar-refractivity contribution < 1.29 is 9.13 Å². The maximum absolute atomic E-state index is 14.0. The molecule has 6 rings (SSSR count). The van der Waals surface area contributed by atoms with Gasteiger partial charge in [-0.2, -0.15) is 0 Å². The number of aromatic nitrogens is 2. The minimum atomic E-state index is -0.273. The van der Waals surface area contributed by atoms with Crippen molar-refractivity contribution in [1.29, 1.82) is 0 Å². The molecule has 1 saturated carbocycles. The van der Waals surface area contributed by atoms with Gasteiger partial charge < -0.3 is 9.30 Å². The zero-order valence-electron chi connectivity index (χ0n) is 15.6. The van der Waals surface area contributed by atoms with E-state index in [4.69, 9.17) is 9.72 Å². The number of hydrogen-bond donors (Lipinski definition) is 0. The van der Waals surface area contributed by atoms with Gasteiger partial charge in [0.1, 0.15) is 24.0 Å². The zero-order chi connectivity index (χ0) is 19.5. The third-order valence-corrected chi connectivity index (χ3v) is 6.70. The highest BCUT2D eigenvalue weighted by Gasteiger charge is 2.55. The van der Waals surface area contributed by atoms with Crippen molar-refractivity contribution in [2.45, 2.75) is 25.0 Å². The Kier molecular flexibility index (Phi) is 3.81. The van der Waals surface area contributed by atoms with Crippen molar-refractivity contribution in [2.24, 2.45) is 5.92 Å². The van der Waals surface area contributed by atoms with Crippen molar-refractivity contribution in [3.05, 3.63) is 94.0 Å². The number of imidazole rings is 1. The van der Waals surface area contributed by atoms with Crippen LogP contribution < -0.4 is 4.74 Å². The van der Waals surface area contributed by atoms with E-state index < -0.39 is 0 Å². The molecule has 3 aromatic carbocycles.